The van der Waals surface area contributed by atoms with E-state index in [1.807, 2.05) is 22.6 Å². The summed E-state index contributed by atoms with van der Waals surface area (Å²) in [5, 5.41) is 8.54. The quantitative estimate of drug-likeness (QED) is 0.629. The van der Waals surface area contributed by atoms with Crippen LogP contribution in [0.3, 0.4) is 0 Å². The molecule has 1 aromatic rings. The van der Waals surface area contributed by atoms with Crippen LogP contribution in [0.15, 0.2) is 12.5 Å². The van der Waals surface area contributed by atoms with Crippen LogP contribution in [-0.4, -0.2) is 25.0 Å². The molecule has 0 radical (unpaired) electrons. The number of aromatic amines is 1. The molecule has 0 aliphatic heterocycles. The van der Waals surface area contributed by atoms with Crippen LogP contribution in [0.2, 0.25) is 0 Å². The molecule has 60 valence electrons. The number of nitrogens with one attached hydrogen (secondary N) is 1. The van der Waals surface area contributed by atoms with E-state index < -0.39 is 5.97 Å². The number of rotatable bonds is 3. The molecular weight excluding hydrogens is 259 g/mol. The molecule has 0 spiro atoms. The first kappa shape index (κ1) is 8.51. The van der Waals surface area contributed by atoms with Crippen molar-refractivity contribution in [1.82, 2.24) is 9.97 Å². The number of imidazole rings is 1. The van der Waals surface area contributed by atoms with Crippen molar-refractivity contribution in [3.8, 4) is 0 Å². The van der Waals surface area contributed by atoms with Gasteiger partial charge < -0.3 is 10.1 Å². The minimum Gasteiger partial charge on any atom is -0.480 e. The molecule has 0 saturated heterocycles. The first-order valence-corrected chi connectivity index (χ1v) is 4.29. The molecule has 4 nitrogen and oxygen atoms in total. The smallest absolute Gasteiger partial charge is 0.316 e. The van der Waals surface area contributed by atoms with Crippen LogP contribution < -0.4 is 0 Å². The van der Waals surface area contributed by atoms with Crippen molar-refractivity contribution in [3.63, 3.8) is 0 Å². The minimum absolute atomic E-state index is 0.381. The predicted octanol–water partition coefficient (Wildman–Crippen LogP) is 0.840. The summed E-state index contributed by atoms with van der Waals surface area (Å²) in [6.45, 7) is 0. The minimum atomic E-state index is -0.791. The van der Waals surface area contributed by atoms with Crippen molar-refractivity contribution in [2.75, 3.05) is 0 Å². The van der Waals surface area contributed by atoms with Crippen LogP contribution in [0.25, 0.3) is 0 Å². The lowest BCUT2D eigenvalue weighted by Crippen LogP contribution is -2.15. The van der Waals surface area contributed by atoms with E-state index >= 15 is 0 Å². The summed E-state index contributed by atoms with van der Waals surface area (Å²) in [4.78, 5) is 17.0. The molecule has 2 N–H and O–H groups in total. The van der Waals surface area contributed by atoms with Crippen LogP contribution in [-0.2, 0) is 11.2 Å². The fourth-order valence-electron chi connectivity index (χ4n) is 0.677. The number of halogens is 1. The number of aliphatic carboxylic acids is 1. The van der Waals surface area contributed by atoms with Gasteiger partial charge in [0.15, 0.2) is 0 Å². The normalized spacial score (nSPS) is 12.8. The summed E-state index contributed by atoms with van der Waals surface area (Å²) in [5.41, 5.74) is 0.854. The monoisotopic (exact) mass is 266 g/mol. The molecule has 0 aliphatic carbocycles. The van der Waals surface area contributed by atoms with Crippen LogP contribution in [0, 0.1) is 0 Å². The van der Waals surface area contributed by atoms with Crippen molar-refractivity contribution in [2.45, 2.75) is 10.3 Å². The van der Waals surface area contributed by atoms with Gasteiger partial charge in [0.25, 0.3) is 0 Å². The average Bonchev–Trinajstić information content (AvgIpc) is 2.39. The fraction of sp³-hybridized carbons (Fsp3) is 0.333. The highest BCUT2D eigenvalue weighted by Gasteiger charge is 2.13. The van der Waals surface area contributed by atoms with Crippen LogP contribution in [0.1, 0.15) is 5.69 Å². The Hall–Kier alpha value is -0.590. The molecule has 0 fully saturated rings. The van der Waals surface area contributed by atoms with Gasteiger partial charge in [0.1, 0.15) is 3.92 Å². The van der Waals surface area contributed by atoms with E-state index in [1.165, 1.54) is 0 Å². The van der Waals surface area contributed by atoms with Crippen molar-refractivity contribution >= 4 is 28.6 Å². The number of carboxylic acid groups (broad SMARTS) is 1. The van der Waals surface area contributed by atoms with Crippen LogP contribution in [0.4, 0.5) is 0 Å². The van der Waals surface area contributed by atoms with E-state index in [1.54, 1.807) is 12.5 Å². The van der Waals surface area contributed by atoms with E-state index in [0.717, 1.165) is 5.69 Å². The highest BCUT2D eigenvalue weighted by atomic mass is 127. The van der Waals surface area contributed by atoms with E-state index in [-0.39, 0.29) is 3.92 Å². The zero-order valence-corrected chi connectivity index (χ0v) is 7.78. The summed E-state index contributed by atoms with van der Waals surface area (Å²) in [5.74, 6) is -0.791. The van der Waals surface area contributed by atoms with E-state index in [2.05, 4.69) is 9.97 Å². The van der Waals surface area contributed by atoms with Gasteiger partial charge in [0.05, 0.1) is 6.33 Å². The second kappa shape index (κ2) is 3.70. The maximum atomic E-state index is 10.4. The van der Waals surface area contributed by atoms with Crippen molar-refractivity contribution in [3.05, 3.63) is 18.2 Å². The highest BCUT2D eigenvalue weighted by Crippen LogP contribution is 2.07. The molecule has 0 bridgehead atoms. The SMILES string of the molecule is O=C(O)C(I)Cc1cnc[nH]1. The van der Waals surface area contributed by atoms with Gasteiger partial charge in [-0.2, -0.15) is 0 Å². The van der Waals surface area contributed by atoms with E-state index in [4.69, 9.17) is 5.11 Å². The molecule has 1 unspecified atom stereocenters. The van der Waals surface area contributed by atoms with Gasteiger partial charge >= 0.3 is 5.97 Å². The zero-order valence-electron chi connectivity index (χ0n) is 5.62. The Morgan fingerprint density at radius 1 is 1.91 bits per heavy atom. The van der Waals surface area contributed by atoms with E-state index in [0.29, 0.717) is 6.42 Å². The van der Waals surface area contributed by atoms with Gasteiger partial charge in [-0.25, -0.2) is 4.98 Å². The maximum Gasteiger partial charge on any atom is 0.316 e. The number of carbonyl (C=O) groups is 1. The topological polar surface area (TPSA) is 66.0 Å². The second-order valence-electron chi connectivity index (χ2n) is 2.09. The molecule has 5 heteroatoms. The van der Waals surface area contributed by atoms with Crippen molar-refractivity contribution < 1.29 is 9.90 Å². The lowest BCUT2D eigenvalue weighted by molar-refractivity contribution is -0.135. The highest BCUT2D eigenvalue weighted by molar-refractivity contribution is 14.1. The lowest BCUT2D eigenvalue weighted by Gasteiger charge is -1.99. The molecule has 1 atom stereocenters. The summed E-state index contributed by atoms with van der Waals surface area (Å²) in [6.07, 6.45) is 3.67. The number of hydrogen-bond acceptors (Lipinski definition) is 2. The molecule has 1 rings (SSSR count). The van der Waals surface area contributed by atoms with Gasteiger partial charge in [-0.15, -0.1) is 0 Å². The number of H-pyrrole nitrogens is 1. The first-order valence-electron chi connectivity index (χ1n) is 3.04. The van der Waals surface area contributed by atoms with E-state index in [9.17, 15) is 4.79 Å². The fourth-order valence-corrected chi connectivity index (χ4v) is 1.15. The Morgan fingerprint density at radius 3 is 3.09 bits per heavy atom. The lowest BCUT2D eigenvalue weighted by atomic mass is 10.2. The molecule has 0 aromatic carbocycles. The third kappa shape index (κ3) is 2.49. The Balaban J connectivity index is 2.50. The molecule has 1 aromatic heterocycles. The van der Waals surface area contributed by atoms with Crippen LogP contribution in [0.5, 0.6) is 0 Å². The van der Waals surface area contributed by atoms with Gasteiger partial charge in [0.2, 0.25) is 0 Å². The number of alkyl halides is 1. The largest absolute Gasteiger partial charge is 0.480 e. The third-order valence-corrected chi connectivity index (χ3v) is 2.20. The Bertz CT molecular complexity index is 235. The van der Waals surface area contributed by atoms with Gasteiger partial charge in [-0.1, -0.05) is 22.6 Å². The summed E-state index contributed by atoms with van der Waals surface area (Å²) >= 11 is 1.89. The average molecular weight is 266 g/mol. The van der Waals surface area contributed by atoms with Crippen LogP contribution >= 0.6 is 22.6 Å². The van der Waals surface area contributed by atoms with Gasteiger partial charge in [-0.05, 0) is 0 Å². The maximum absolute atomic E-state index is 10.4. The summed E-state index contributed by atoms with van der Waals surface area (Å²) < 4.78 is -0.381. The molecule has 1 heterocycles. The van der Waals surface area contributed by atoms with Gasteiger partial charge in [0, 0.05) is 18.3 Å². The molecular formula is C6H7IN2O2. The predicted molar refractivity (Wildman–Crippen MR) is 47.7 cm³/mol. The van der Waals surface area contributed by atoms with Gasteiger partial charge in [-0.3, -0.25) is 4.79 Å². The molecule has 11 heavy (non-hydrogen) atoms. The number of hydrogen-bond donors (Lipinski definition) is 2. The standard InChI is InChI=1S/C6H7IN2O2/c7-5(6(10)11)1-4-2-8-3-9-4/h2-3,5H,1H2,(H,8,9)(H,10,11). The Kier molecular flexibility index (Phi) is 2.86. The Morgan fingerprint density at radius 2 is 2.64 bits per heavy atom. The van der Waals surface area contributed by atoms with Crippen molar-refractivity contribution in [2.24, 2.45) is 0 Å². The number of carboxylic acids is 1. The first-order chi connectivity index (χ1) is 5.20. The molecule has 0 aliphatic rings. The Labute approximate surface area is 77.2 Å². The summed E-state index contributed by atoms with van der Waals surface area (Å²) in [6, 6.07) is 0. The molecule has 0 saturated carbocycles. The molecule has 0 amide bonds. The zero-order chi connectivity index (χ0) is 8.27. The third-order valence-electron chi connectivity index (χ3n) is 1.22. The summed E-state index contributed by atoms with van der Waals surface area (Å²) in [7, 11) is 0. The number of aromatic nitrogens is 2. The van der Waals surface area contributed by atoms with Crippen molar-refractivity contribution in [1.29, 1.82) is 0 Å². The second-order valence-corrected chi connectivity index (χ2v) is 3.59. The number of nitrogens with zero attached hydrogens (tertiary/aromatic N) is 1.